The zero-order chi connectivity index (χ0) is 22.1. The van der Waals surface area contributed by atoms with Crippen LogP contribution in [0.2, 0.25) is 0 Å². The van der Waals surface area contributed by atoms with E-state index >= 15 is 0 Å². The molecule has 0 saturated carbocycles. The van der Waals surface area contributed by atoms with Crippen molar-refractivity contribution in [3.63, 3.8) is 0 Å². The zero-order valence-corrected chi connectivity index (χ0v) is 18.5. The van der Waals surface area contributed by atoms with Crippen molar-refractivity contribution in [2.75, 3.05) is 40.8 Å². The Labute approximate surface area is 183 Å². The molecule has 2 bridgehead atoms. The third-order valence-corrected chi connectivity index (χ3v) is 6.82. The van der Waals surface area contributed by atoms with Crippen LogP contribution >= 0.6 is 0 Å². The highest BCUT2D eigenvalue weighted by atomic mass is 16.3. The Morgan fingerprint density at radius 2 is 1.94 bits per heavy atom. The number of aromatic nitrogens is 1. The van der Waals surface area contributed by atoms with E-state index < -0.39 is 0 Å². The Morgan fingerprint density at radius 1 is 1.19 bits per heavy atom. The fourth-order valence-corrected chi connectivity index (χ4v) is 5.25. The Kier molecular flexibility index (Phi) is 6.27. The third kappa shape index (κ3) is 3.93. The van der Waals surface area contributed by atoms with Gasteiger partial charge < -0.3 is 19.9 Å². The van der Waals surface area contributed by atoms with E-state index in [1.54, 1.807) is 0 Å². The van der Waals surface area contributed by atoms with Crippen LogP contribution in [0.25, 0.3) is 11.1 Å². The quantitative estimate of drug-likeness (QED) is 0.653. The van der Waals surface area contributed by atoms with Gasteiger partial charge in [0.2, 0.25) is 5.91 Å². The van der Waals surface area contributed by atoms with Gasteiger partial charge in [-0.2, -0.15) is 0 Å². The number of aliphatic hydroxyl groups excluding tert-OH is 1. The summed E-state index contributed by atoms with van der Waals surface area (Å²) in [5.74, 6) is -0.622. The maximum Gasteiger partial charge on any atom is 0.258 e. The first-order valence-corrected chi connectivity index (χ1v) is 11.0. The number of fused-ring (bicyclic) bond motifs is 4. The highest BCUT2D eigenvalue weighted by molar-refractivity contribution is 5.80. The number of benzene rings is 1. The molecule has 166 valence electrons. The Bertz CT molecular complexity index is 988. The van der Waals surface area contributed by atoms with Gasteiger partial charge in [-0.1, -0.05) is 30.3 Å². The second-order valence-electron chi connectivity index (χ2n) is 8.95. The van der Waals surface area contributed by atoms with Gasteiger partial charge in [-0.05, 0) is 51.8 Å². The number of aliphatic hydroxyl groups is 1. The molecule has 0 radical (unpaired) electrons. The molecule has 1 saturated heterocycles. The Hall–Kier alpha value is -2.48. The van der Waals surface area contributed by atoms with Gasteiger partial charge in [0.05, 0.1) is 12.0 Å². The topological polar surface area (TPSA) is 77.8 Å². The summed E-state index contributed by atoms with van der Waals surface area (Å²) >= 11 is 0. The van der Waals surface area contributed by atoms with Crippen LogP contribution in [0.5, 0.6) is 0 Å². The molecule has 7 heteroatoms. The van der Waals surface area contributed by atoms with Crippen LogP contribution < -0.4 is 10.9 Å². The van der Waals surface area contributed by atoms with E-state index in [1.165, 1.54) is 0 Å². The second-order valence-corrected chi connectivity index (χ2v) is 8.95. The van der Waals surface area contributed by atoms with Crippen molar-refractivity contribution in [3.8, 4) is 11.1 Å². The highest BCUT2D eigenvalue weighted by Gasteiger charge is 2.54. The van der Waals surface area contributed by atoms with Crippen molar-refractivity contribution >= 4 is 5.91 Å². The van der Waals surface area contributed by atoms with E-state index in [2.05, 4.69) is 15.1 Å². The van der Waals surface area contributed by atoms with Gasteiger partial charge in [0, 0.05) is 42.9 Å². The molecule has 2 aromatic rings. The maximum absolute atomic E-state index is 13.4. The van der Waals surface area contributed by atoms with E-state index in [4.69, 9.17) is 0 Å². The van der Waals surface area contributed by atoms with Crippen molar-refractivity contribution in [3.05, 3.63) is 58.5 Å². The minimum absolute atomic E-state index is 0.0319. The predicted octanol–water partition coefficient (Wildman–Crippen LogP) is 1.18. The number of carbonyl (C=O) groups is 1. The van der Waals surface area contributed by atoms with Crippen molar-refractivity contribution in [1.82, 2.24) is 19.7 Å². The van der Waals surface area contributed by atoms with Gasteiger partial charge in [-0.3, -0.25) is 14.5 Å². The van der Waals surface area contributed by atoms with Crippen molar-refractivity contribution in [2.24, 2.45) is 11.8 Å². The zero-order valence-electron chi connectivity index (χ0n) is 18.5. The average Bonchev–Trinajstić information content (AvgIpc) is 2.94. The summed E-state index contributed by atoms with van der Waals surface area (Å²) in [7, 11) is 6.02. The van der Waals surface area contributed by atoms with Gasteiger partial charge >= 0.3 is 0 Å². The first kappa shape index (κ1) is 21.7. The molecule has 4 atom stereocenters. The molecule has 31 heavy (non-hydrogen) atoms. The maximum atomic E-state index is 13.4. The number of nitrogens with zero attached hydrogens (tertiary/aromatic N) is 3. The molecule has 3 heterocycles. The van der Waals surface area contributed by atoms with E-state index in [1.807, 2.05) is 68.2 Å². The highest BCUT2D eigenvalue weighted by Crippen LogP contribution is 2.47. The van der Waals surface area contributed by atoms with E-state index in [0.29, 0.717) is 18.7 Å². The molecule has 1 amide bonds. The minimum atomic E-state index is -0.380. The minimum Gasteiger partial charge on any atom is -0.396 e. The molecule has 1 fully saturated rings. The van der Waals surface area contributed by atoms with Gasteiger partial charge in [-0.15, -0.1) is 0 Å². The largest absolute Gasteiger partial charge is 0.396 e. The molecule has 0 spiro atoms. The summed E-state index contributed by atoms with van der Waals surface area (Å²) in [5.41, 5.74) is 2.38. The SMILES string of the molecule is CN(C)CCCNC(=O)[C@H]1[C@H](CO)[C@H]2Cn3c(ccc(-c4ccccc4)c3=O)[C@@H]1N2C. The standard InChI is InChI=1S/C24H32N4O3/c1-26(2)13-7-12-25-23(30)21-18(15-29)20-14-28-19(22(21)27(20)3)11-10-17(24(28)31)16-8-5-4-6-9-16/h4-6,8-11,18,20-22,29H,7,12-15H2,1-3H3,(H,25,30)/t18-,20-,21+,22+/m1/s1. The average molecular weight is 425 g/mol. The molecule has 0 aliphatic carbocycles. The summed E-state index contributed by atoms with van der Waals surface area (Å²) in [6.45, 7) is 1.92. The molecule has 7 nitrogen and oxygen atoms in total. The van der Waals surface area contributed by atoms with Crippen molar-refractivity contribution in [1.29, 1.82) is 0 Å². The lowest BCUT2D eigenvalue weighted by Crippen LogP contribution is -2.44. The fraction of sp³-hybridized carbons (Fsp3) is 0.500. The first-order valence-electron chi connectivity index (χ1n) is 11.0. The number of hydrogen-bond donors (Lipinski definition) is 2. The van der Waals surface area contributed by atoms with Gasteiger partial charge in [0.25, 0.3) is 5.56 Å². The van der Waals surface area contributed by atoms with E-state index in [9.17, 15) is 14.7 Å². The van der Waals surface area contributed by atoms with Crippen molar-refractivity contribution < 1.29 is 9.90 Å². The monoisotopic (exact) mass is 424 g/mol. The van der Waals surface area contributed by atoms with Crippen LogP contribution in [0.1, 0.15) is 18.2 Å². The lowest BCUT2D eigenvalue weighted by atomic mass is 9.86. The Morgan fingerprint density at radius 3 is 2.61 bits per heavy atom. The molecule has 2 aliphatic rings. The first-order chi connectivity index (χ1) is 14.9. The Balaban J connectivity index is 1.65. The summed E-state index contributed by atoms with van der Waals surface area (Å²) < 4.78 is 1.82. The fourth-order valence-electron chi connectivity index (χ4n) is 5.25. The van der Waals surface area contributed by atoms with Gasteiger partial charge in [0.15, 0.2) is 0 Å². The van der Waals surface area contributed by atoms with Gasteiger partial charge in [0.1, 0.15) is 0 Å². The number of pyridine rings is 1. The lowest BCUT2D eigenvalue weighted by Gasteiger charge is -2.35. The molecule has 2 N–H and O–H groups in total. The van der Waals surface area contributed by atoms with Crippen LogP contribution in [0, 0.1) is 11.8 Å². The van der Waals surface area contributed by atoms with Crippen LogP contribution in [-0.4, -0.2) is 72.3 Å². The summed E-state index contributed by atoms with van der Waals surface area (Å²) in [5, 5.41) is 13.2. The summed E-state index contributed by atoms with van der Waals surface area (Å²) in [6, 6.07) is 13.2. The summed E-state index contributed by atoms with van der Waals surface area (Å²) in [6.07, 6.45) is 0.871. The molecule has 0 unspecified atom stereocenters. The molecule has 1 aromatic heterocycles. The summed E-state index contributed by atoms with van der Waals surface area (Å²) in [4.78, 5) is 30.8. The number of carbonyl (C=O) groups excluding carboxylic acids is 1. The van der Waals surface area contributed by atoms with Crippen LogP contribution in [0.15, 0.2) is 47.3 Å². The normalized spacial score (nSPS) is 24.9. The molecular weight excluding hydrogens is 392 g/mol. The third-order valence-electron chi connectivity index (χ3n) is 6.82. The molecule has 1 aromatic carbocycles. The number of rotatable bonds is 7. The molecule has 2 aliphatic heterocycles. The molecule has 4 rings (SSSR count). The van der Waals surface area contributed by atoms with Crippen LogP contribution in [0.3, 0.4) is 0 Å². The van der Waals surface area contributed by atoms with E-state index in [0.717, 1.165) is 24.2 Å². The van der Waals surface area contributed by atoms with Crippen molar-refractivity contribution in [2.45, 2.75) is 25.0 Å². The smallest absolute Gasteiger partial charge is 0.258 e. The number of hydrogen-bond acceptors (Lipinski definition) is 5. The number of likely N-dealkylation sites (N-methyl/N-ethyl adjacent to an activating group) is 1. The lowest BCUT2D eigenvalue weighted by molar-refractivity contribution is -0.127. The van der Waals surface area contributed by atoms with Crippen LogP contribution in [-0.2, 0) is 11.3 Å². The number of amides is 1. The predicted molar refractivity (Wildman–Crippen MR) is 121 cm³/mol. The molecular formula is C24H32N4O3. The second kappa shape index (κ2) is 8.94. The number of nitrogens with one attached hydrogen (secondary N) is 1. The van der Waals surface area contributed by atoms with Crippen LogP contribution in [0.4, 0.5) is 0 Å². The van der Waals surface area contributed by atoms with Gasteiger partial charge in [-0.25, -0.2) is 0 Å². The van der Waals surface area contributed by atoms with E-state index in [-0.39, 0.29) is 42.0 Å².